The van der Waals surface area contributed by atoms with Gasteiger partial charge in [-0.05, 0) is 25.2 Å². The number of hydrogen-bond donors (Lipinski definition) is 1. The Labute approximate surface area is 144 Å². The molecule has 3 heterocycles. The van der Waals surface area contributed by atoms with Crippen LogP contribution in [0.25, 0.3) is 0 Å². The molecule has 2 aromatic rings. The molecule has 1 amide bonds. The monoisotopic (exact) mass is 350 g/mol. The van der Waals surface area contributed by atoms with Crippen LogP contribution < -0.4 is 5.32 Å². The van der Waals surface area contributed by atoms with Crippen LogP contribution in [0.3, 0.4) is 0 Å². The average Bonchev–Trinajstić information content (AvgIpc) is 3.07. The normalized spacial score (nSPS) is 22.2. The fourth-order valence-electron chi connectivity index (χ4n) is 3.26. The van der Waals surface area contributed by atoms with Crippen LogP contribution in [0.4, 0.5) is 5.13 Å². The number of hydrogen-bond acceptors (Lipinski definition) is 6. The number of nitrogens with zero attached hydrogens (tertiary/aromatic N) is 3. The maximum absolute atomic E-state index is 12.2. The first kappa shape index (κ1) is 16.5. The third-order valence-corrected chi connectivity index (χ3v) is 5.79. The summed E-state index contributed by atoms with van der Waals surface area (Å²) in [5.74, 6) is 1.36. The lowest BCUT2D eigenvalue weighted by Crippen LogP contribution is -2.38. The number of carbonyl (C=O) groups excluding carboxylic acids is 1. The molecule has 0 bridgehead atoms. The number of nitrogens with one attached hydrogen (secondary N) is 1. The Morgan fingerprint density at radius 2 is 2.09 bits per heavy atom. The lowest BCUT2D eigenvalue weighted by atomic mass is 9.92. The molecule has 1 aliphatic rings. The van der Waals surface area contributed by atoms with Crippen molar-refractivity contribution in [2.24, 2.45) is 11.8 Å². The number of thiazole rings is 2. The number of piperidine rings is 1. The largest absolute Gasteiger partial charge is 0.297 e. The fraction of sp³-hybridized carbons (Fsp3) is 0.562. The summed E-state index contributed by atoms with van der Waals surface area (Å²) in [7, 11) is 0. The molecule has 0 radical (unpaired) electrons. The number of carbonyl (C=O) groups is 1. The molecule has 2 atom stereocenters. The minimum absolute atomic E-state index is 0.119. The zero-order chi connectivity index (χ0) is 16.4. The standard InChI is InChI=1S/C16H22N4OS2/c1-10-4-11(2)6-20(5-10)7-13-8-22-16(18-13)19-15(21)14-12(3)17-9-23-14/h8-11H,4-7H2,1-3H3,(H,18,19,21)/t10-,11-/m0/s1. The highest BCUT2D eigenvalue weighted by molar-refractivity contribution is 7.14. The Balaban J connectivity index is 1.60. The van der Waals surface area contributed by atoms with Gasteiger partial charge < -0.3 is 0 Å². The van der Waals surface area contributed by atoms with Crippen molar-refractivity contribution in [1.29, 1.82) is 0 Å². The van der Waals surface area contributed by atoms with Gasteiger partial charge in [-0.25, -0.2) is 9.97 Å². The highest BCUT2D eigenvalue weighted by Gasteiger charge is 2.22. The van der Waals surface area contributed by atoms with Crippen molar-refractivity contribution in [3.05, 3.63) is 27.2 Å². The number of anilines is 1. The molecule has 23 heavy (non-hydrogen) atoms. The molecule has 1 fully saturated rings. The summed E-state index contributed by atoms with van der Waals surface area (Å²) in [6.07, 6.45) is 1.31. The molecule has 1 N–H and O–H groups in total. The molecule has 124 valence electrons. The minimum atomic E-state index is -0.119. The zero-order valence-corrected chi connectivity index (χ0v) is 15.3. The van der Waals surface area contributed by atoms with Gasteiger partial charge in [0, 0.05) is 25.0 Å². The first-order valence-electron chi connectivity index (χ1n) is 7.89. The van der Waals surface area contributed by atoms with E-state index in [1.807, 2.05) is 12.3 Å². The van der Waals surface area contributed by atoms with Crippen LogP contribution in [0.15, 0.2) is 10.9 Å². The van der Waals surface area contributed by atoms with Crippen molar-refractivity contribution in [2.75, 3.05) is 18.4 Å². The van der Waals surface area contributed by atoms with Crippen LogP contribution in [-0.2, 0) is 6.54 Å². The highest BCUT2D eigenvalue weighted by Crippen LogP contribution is 2.24. The minimum Gasteiger partial charge on any atom is -0.297 e. The first-order chi connectivity index (χ1) is 11.0. The molecule has 0 spiro atoms. The molecule has 1 saturated heterocycles. The van der Waals surface area contributed by atoms with E-state index in [1.165, 1.54) is 29.1 Å². The van der Waals surface area contributed by atoms with Crippen molar-refractivity contribution in [3.8, 4) is 0 Å². The van der Waals surface area contributed by atoms with Gasteiger partial charge >= 0.3 is 0 Å². The van der Waals surface area contributed by atoms with Crippen molar-refractivity contribution < 1.29 is 4.79 Å². The molecular weight excluding hydrogens is 328 g/mol. The fourth-order valence-corrected chi connectivity index (χ4v) is 4.66. The van der Waals surface area contributed by atoms with E-state index in [0.717, 1.165) is 42.9 Å². The average molecular weight is 351 g/mol. The van der Waals surface area contributed by atoms with Crippen molar-refractivity contribution in [1.82, 2.24) is 14.9 Å². The van der Waals surface area contributed by atoms with E-state index in [1.54, 1.807) is 5.51 Å². The zero-order valence-electron chi connectivity index (χ0n) is 13.7. The second-order valence-electron chi connectivity index (χ2n) is 6.51. The van der Waals surface area contributed by atoms with Crippen LogP contribution >= 0.6 is 22.7 Å². The Morgan fingerprint density at radius 3 is 2.74 bits per heavy atom. The molecule has 0 unspecified atom stereocenters. The number of aryl methyl sites for hydroxylation is 1. The van der Waals surface area contributed by atoms with E-state index >= 15 is 0 Å². The Bertz CT molecular complexity index is 671. The molecule has 1 aliphatic heterocycles. The molecule has 0 aliphatic carbocycles. The summed E-state index contributed by atoms with van der Waals surface area (Å²) in [5.41, 5.74) is 3.49. The second-order valence-corrected chi connectivity index (χ2v) is 8.22. The van der Waals surface area contributed by atoms with Gasteiger partial charge in [-0.2, -0.15) is 0 Å². The van der Waals surface area contributed by atoms with Gasteiger partial charge in [-0.15, -0.1) is 22.7 Å². The topological polar surface area (TPSA) is 58.1 Å². The Hall–Kier alpha value is -1.31. The third-order valence-electron chi connectivity index (χ3n) is 4.05. The van der Waals surface area contributed by atoms with Crippen LogP contribution in [0.5, 0.6) is 0 Å². The molecule has 0 saturated carbocycles. The first-order valence-corrected chi connectivity index (χ1v) is 9.65. The summed E-state index contributed by atoms with van der Waals surface area (Å²) < 4.78 is 0. The van der Waals surface area contributed by atoms with E-state index in [2.05, 4.69) is 34.0 Å². The summed E-state index contributed by atoms with van der Waals surface area (Å²) in [5, 5.41) is 5.58. The lowest BCUT2D eigenvalue weighted by Gasteiger charge is -2.34. The molecule has 3 rings (SSSR count). The summed E-state index contributed by atoms with van der Waals surface area (Å²) in [6.45, 7) is 9.59. The summed E-state index contributed by atoms with van der Waals surface area (Å²) in [4.78, 5) is 24.0. The van der Waals surface area contributed by atoms with E-state index in [-0.39, 0.29) is 5.91 Å². The maximum atomic E-state index is 12.2. The quantitative estimate of drug-likeness (QED) is 0.915. The van der Waals surface area contributed by atoms with Gasteiger partial charge in [-0.3, -0.25) is 15.0 Å². The van der Waals surface area contributed by atoms with Gasteiger partial charge in [0.1, 0.15) is 4.88 Å². The van der Waals surface area contributed by atoms with Crippen molar-refractivity contribution in [2.45, 2.75) is 33.7 Å². The molecule has 2 aromatic heterocycles. The van der Waals surface area contributed by atoms with E-state index < -0.39 is 0 Å². The van der Waals surface area contributed by atoms with Crippen LogP contribution in [0.2, 0.25) is 0 Å². The number of amides is 1. The number of likely N-dealkylation sites (tertiary alicyclic amines) is 1. The molecular formula is C16H22N4OS2. The van der Waals surface area contributed by atoms with E-state index in [0.29, 0.717) is 10.0 Å². The maximum Gasteiger partial charge on any atom is 0.269 e. The van der Waals surface area contributed by atoms with Gasteiger partial charge in [0.15, 0.2) is 5.13 Å². The smallest absolute Gasteiger partial charge is 0.269 e. The van der Waals surface area contributed by atoms with Crippen LogP contribution in [-0.4, -0.2) is 33.9 Å². The van der Waals surface area contributed by atoms with Gasteiger partial charge in [0.25, 0.3) is 5.91 Å². The van der Waals surface area contributed by atoms with E-state index in [4.69, 9.17) is 0 Å². The van der Waals surface area contributed by atoms with E-state index in [9.17, 15) is 4.79 Å². The summed E-state index contributed by atoms with van der Waals surface area (Å²) in [6, 6.07) is 0. The Morgan fingerprint density at radius 1 is 1.35 bits per heavy atom. The predicted molar refractivity (Wildman–Crippen MR) is 95.1 cm³/mol. The number of rotatable bonds is 4. The summed E-state index contributed by atoms with van der Waals surface area (Å²) >= 11 is 2.84. The third kappa shape index (κ3) is 4.16. The van der Waals surface area contributed by atoms with Gasteiger partial charge in [0.2, 0.25) is 0 Å². The van der Waals surface area contributed by atoms with Crippen molar-refractivity contribution in [3.63, 3.8) is 0 Å². The molecule has 5 nitrogen and oxygen atoms in total. The van der Waals surface area contributed by atoms with Crippen LogP contribution in [0.1, 0.15) is 41.3 Å². The molecule has 7 heteroatoms. The van der Waals surface area contributed by atoms with Crippen LogP contribution in [0, 0.1) is 18.8 Å². The number of aromatic nitrogens is 2. The lowest BCUT2D eigenvalue weighted by molar-refractivity contribution is 0.103. The van der Waals surface area contributed by atoms with Gasteiger partial charge in [-0.1, -0.05) is 13.8 Å². The SMILES string of the molecule is Cc1ncsc1C(=O)Nc1nc(CN2C[C@@H](C)C[C@H](C)C2)cs1. The second kappa shape index (κ2) is 7.07. The molecule has 0 aromatic carbocycles. The van der Waals surface area contributed by atoms with Crippen molar-refractivity contribution >= 4 is 33.7 Å². The Kier molecular flexibility index (Phi) is 5.08. The predicted octanol–water partition coefficient (Wildman–Crippen LogP) is 3.64. The highest BCUT2D eigenvalue weighted by atomic mass is 32.1. The van der Waals surface area contributed by atoms with Gasteiger partial charge in [0.05, 0.1) is 16.9 Å².